The van der Waals surface area contributed by atoms with E-state index in [1.165, 1.54) is 30.5 Å². The van der Waals surface area contributed by atoms with Gasteiger partial charge < -0.3 is 13.9 Å². The van der Waals surface area contributed by atoms with Gasteiger partial charge in [-0.05, 0) is 31.2 Å². The molecular weight excluding hydrogens is 452 g/mol. The first kappa shape index (κ1) is 20.5. The zero-order valence-electron chi connectivity index (χ0n) is 17.3. The summed E-state index contributed by atoms with van der Waals surface area (Å²) in [4.78, 5) is 33.2. The highest BCUT2D eigenvalue weighted by atomic mass is 35.5. The summed E-state index contributed by atoms with van der Waals surface area (Å²) in [6.45, 7) is 1.84. The fraction of sp³-hybridized carbons (Fsp3) is 0.174. The summed E-state index contributed by atoms with van der Waals surface area (Å²) in [7, 11) is 3.04. The minimum absolute atomic E-state index is 0.0208. The number of carbonyl (C=O) groups excluding carboxylic acids is 1. The molecule has 0 fully saturated rings. The molecule has 0 unspecified atom stereocenters. The molecule has 1 aliphatic heterocycles. The van der Waals surface area contributed by atoms with E-state index in [9.17, 15) is 9.59 Å². The number of hydrogen-bond acceptors (Lipinski definition) is 7. The third kappa shape index (κ3) is 2.98. The number of thiazole rings is 1. The van der Waals surface area contributed by atoms with E-state index in [0.717, 1.165) is 5.69 Å². The van der Waals surface area contributed by atoms with Crippen LogP contribution in [0.25, 0.3) is 11.0 Å². The lowest BCUT2D eigenvalue weighted by Crippen LogP contribution is -2.29. The molecule has 0 N–H and O–H groups in total. The molecule has 32 heavy (non-hydrogen) atoms. The summed E-state index contributed by atoms with van der Waals surface area (Å²) in [5, 5.41) is 3.00. The zero-order valence-corrected chi connectivity index (χ0v) is 18.9. The number of para-hydroxylation sites is 1. The monoisotopic (exact) mass is 468 g/mol. The number of halogens is 1. The summed E-state index contributed by atoms with van der Waals surface area (Å²) in [6, 6.07) is 9.26. The molecule has 5 rings (SSSR count). The Morgan fingerprint density at radius 3 is 2.66 bits per heavy atom. The van der Waals surface area contributed by atoms with E-state index in [1.54, 1.807) is 36.4 Å². The Morgan fingerprint density at radius 2 is 1.97 bits per heavy atom. The first-order chi connectivity index (χ1) is 15.4. The molecule has 0 saturated carbocycles. The van der Waals surface area contributed by atoms with E-state index < -0.39 is 11.9 Å². The zero-order chi connectivity index (χ0) is 22.6. The molecule has 1 amide bonds. The molecule has 9 heteroatoms. The summed E-state index contributed by atoms with van der Waals surface area (Å²) >= 11 is 7.45. The number of methoxy groups -OCH3 is 2. The van der Waals surface area contributed by atoms with Gasteiger partial charge in [-0.25, -0.2) is 4.98 Å². The lowest BCUT2D eigenvalue weighted by molar-refractivity contribution is 0.0970. The van der Waals surface area contributed by atoms with Crippen LogP contribution in [0.2, 0.25) is 5.02 Å². The molecule has 0 spiro atoms. The van der Waals surface area contributed by atoms with Crippen molar-refractivity contribution in [1.29, 1.82) is 0 Å². The smallest absolute Gasteiger partial charge is 0.297 e. The predicted molar refractivity (Wildman–Crippen MR) is 123 cm³/mol. The highest BCUT2D eigenvalue weighted by Gasteiger charge is 2.46. The Kier molecular flexibility index (Phi) is 4.91. The van der Waals surface area contributed by atoms with Crippen molar-refractivity contribution >= 4 is 44.9 Å². The molecule has 4 aromatic rings. The first-order valence-electron chi connectivity index (χ1n) is 9.67. The number of hydrogen-bond donors (Lipinski definition) is 0. The van der Waals surface area contributed by atoms with Crippen molar-refractivity contribution in [3.63, 3.8) is 0 Å². The minimum atomic E-state index is -0.812. The third-order valence-corrected chi connectivity index (χ3v) is 6.57. The number of rotatable bonds is 4. The van der Waals surface area contributed by atoms with Crippen molar-refractivity contribution in [1.82, 2.24) is 4.98 Å². The highest BCUT2D eigenvalue weighted by molar-refractivity contribution is 7.14. The number of aryl methyl sites for hydroxylation is 1. The van der Waals surface area contributed by atoms with Crippen LogP contribution >= 0.6 is 22.9 Å². The van der Waals surface area contributed by atoms with E-state index in [4.69, 9.17) is 25.5 Å². The van der Waals surface area contributed by atoms with Crippen LogP contribution < -0.4 is 19.8 Å². The summed E-state index contributed by atoms with van der Waals surface area (Å²) < 4.78 is 17.0. The van der Waals surface area contributed by atoms with Crippen molar-refractivity contribution in [2.24, 2.45) is 0 Å². The number of ether oxygens (including phenoxy) is 2. The molecule has 0 radical (unpaired) electrons. The number of amides is 1. The van der Waals surface area contributed by atoms with Crippen LogP contribution in [0.1, 0.15) is 33.4 Å². The molecule has 7 nitrogen and oxygen atoms in total. The molecule has 1 aliphatic rings. The maximum Gasteiger partial charge on any atom is 0.297 e. The SMILES string of the molecule is COc1cccc([C@H]2c3c(oc4ccc(Cl)cc4c3=O)C(=O)N2c2nc(C)cs2)c1OC. The fourth-order valence-electron chi connectivity index (χ4n) is 4.02. The Bertz CT molecular complexity index is 1440. The van der Waals surface area contributed by atoms with E-state index in [-0.39, 0.29) is 16.8 Å². The van der Waals surface area contributed by atoms with Crippen LogP contribution in [-0.4, -0.2) is 25.1 Å². The largest absolute Gasteiger partial charge is 0.493 e. The van der Waals surface area contributed by atoms with E-state index in [0.29, 0.717) is 38.2 Å². The van der Waals surface area contributed by atoms with Crippen molar-refractivity contribution in [3.8, 4) is 11.5 Å². The number of fused-ring (bicyclic) bond motifs is 2. The Morgan fingerprint density at radius 1 is 1.16 bits per heavy atom. The van der Waals surface area contributed by atoms with Crippen LogP contribution in [-0.2, 0) is 0 Å². The Labute approximate surface area is 191 Å². The molecule has 3 heterocycles. The number of anilines is 1. The molecule has 0 saturated heterocycles. The number of carbonyl (C=O) groups is 1. The Hall–Kier alpha value is -3.36. The molecular formula is C23H17ClN2O5S. The van der Waals surface area contributed by atoms with Gasteiger partial charge >= 0.3 is 0 Å². The second kappa shape index (κ2) is 7.65. The molecule has 2 aromatic carbocycles. The van der Waals surface area contributed by atoms with Gasteiger partial charge in [0, 0.05) is 16.0 Å². The average Bonchev–Trinajstić information content (AvgIpc) is 3.34. The van der Waals surface area contributed by atoms with Gasteiger partial charge in [-0.15, -0.1) is 11.3 Å². The lowest BCUT2D eigenvalue weighted by Gasteiger charge is -2.24. The van der Waals surface area contributed by atoms with Crippen LogP contribution in [0.3, 0.4) is 0 Å². The van der Waals surface area contributed by atoms with Gasteiger partial charge in [0.2, 0.25) is 5.76 Å². The van der Waals surface area contributed by atoms with Gasteiger partial charge in [-0.3, -0.25) is 14.5 Å². The van der Waals surface area contributed by atoms with Gasteiger partial charge in [0.15, 0.2) is 22.1 Å². The maximum atomic E-state index is 13.7. The Balaban J connectivity index is 1.86. The van der Waals surface area contributed by atoms with Crippen LogP contribution in [0, 0.1) is 6.92 Å². The number of nitrogens with zero attached hydrogens (tertiary/aromatic N) is 2. The topological polar surface area (TPSA) is 81.9 Å². The second-order valence-corrected chi connectivity index (χ2v) is 8.52. The van der Waals surface area contributed by atoms with Crippen molar-refractivity contribution in [3.05, 3.63) is 79.6 Å². The summed E-state index contributed by atoms with van der Waals surface area (Å²) in [5.74, 6) is 0.435. The second-order valence-electron chi connectivity index (χ2n) is 7.25. The number of benzene rings is 2. The summed E-state index contributed by atoms with van der Waals surface area (Å²) in [6.07, 6.45) is 0. The lowest BCUT2D eigenvalue weighted by atomic mass is 9.97. The fourth-order valence-corrected chi connectivity index (χ4v) is 5.02. The summed E-state index contributed by atoms with van der Waals surface area (Å²) in [5.41, 5.74) is 1.52. The van der Waals surface area contributed by atoms with Crippen LogP contribution in [0.15, 0.2) is 51.0 Å². The quantitative estimate of drug-likeness (QED) is 0.420. The molecule has 0 bridgehead atoms. The van der Waals surface area contributed by atoms with Crippen molar-refractivity contribution < 1.29 is 18.7 Å². The van der Waals surface area contributed by atoms with Gasteiger partial charge in [0.1, 0.15) is 11.6 Å². The van der Waals surface area contributed by atoms with Gasteiger partial charge in [0.25, 0.3) is 5.91 Å². The average molecular weight is 469 g/mol. The number of aromatic nitrogens is 1. The van der Waals surface area contributed by atoms with E-state index in [1.807, 2.05) is 12.3 Å². The maximum absolute atomic E-state index is 13.7. The van der Waals surface area contributed by atoms with Crippen LogP contribution in [0.4, 0.5) is 5.13 Å². The first-order valence-corrected chi connectivity index (χ1v) is 10.9. The molecule has 1 atom stereocenters. The van der Waals surface area contributed by atoms with Gasteiger partial charge in [-0.2, -0.15) is 0 Å². The van der Waals surface area contributed by atoms with Gasteiger partial charge in [0.05, 0.1) is 30.9 Å². The molecule has 2 aromatic heterocycles. The standard InChI is InChI=1S/C23H17ClN2O5S/c1-11-10-32-23(25-11)26-18(13-5-4-6-16(29-2)20(13)30-3)17-19(27)14-9-12(24)7-8-15(14)31-21(17)22(26)28/h4-10,18H,1-3H3/t18-/m0/s1. The molecule has 0 aliphatic carbocycles. The molecule has 162 valence electrons. The predicted octanol–water partition coefficient (Wildman–Crippen LogP) is 4.98. The minimum Gasteiger partial charge on any atom is -0.493 e. The van der Waals surface area contributed by atoms with Crippen molar-refractivity contribution in [2.75, 3.05) is 19.1 Å². The van der Waals surface area contributed by atoms with E-state index >= 15 is 0 Å². The van der Waals surface area contributed by atoms with E-state index in [2.05, 4.69) is 4.98 Å². The highest BCUT2D eigenvalue weighted by Crippen LogP contribution is 2.46. The third-order valence-electron chi connectivity index (χ3n) is 5.37. The van der Waals surface area contributed by atoms with Crippen molar-refractivity contribution in [2.45, 2.75) is 13.0 Å². The van der Waals surface area contributed by atoms with Gasteiger partial charge in [-0.1, -0.05) is 23.7 Å². The normalized spacial score (nSPS) is 15.3. The van der Waals surface area contributed by atoms with Crippen LogP contribution in [0.5, 0.6) is 11.5 Å².